The van der Waals surface area contributed by atoms with E-state index in [9.17, 15) is 30.1 Å². The van der Waals surface area contributed by atoms with E-state index in [1.807, 2.05) is 0 Å². The summed E-state index contributed by atoms with van der Waals surface area (Å²) in [6.07, 6.45) is -0.0775. The molecule has 1 fully saturated rings. The number of nitro groups is 2. The first-order chi connectivity index (χ1) is 19.2. The van der Waals surface area contributed by atoms with Crippen LogP contribution in [0.3, 0.4) is 0 Å². The molecule has 0 aromatic heterocycles. The lowest BCUT2D eigenvalue weighted by Crippen LogP contribution is -2.70. The van der Waals surface area contributed by atoms with Gasteiger partial charge in [0.1, 0.15) is 11.5 Å². The van der Waals surface area contributed by atoms with Crippen LogP contribution < -0.4 is 0 Å². The van der Waals surface area contributed by atoms with Gasteiger partial charge in [0.05, 0.1) is 5.92 Å². The molecular formula is C30H30Cl2N2O7. The van der Waals surface area contributed by atoms with E-state index in [1.165, 1.54) is 24.3 Å². The van der Waals surface area contributed by atoms with Crippen LogP contribution in [0.15, 0.2) is 78.9 Å². The molecule has 1 saturated carbocycles. The van der Waals surface area contributed by atoms with Gasteiger partial charge in [0.2, 0.25) is 11.6 Å². The van der Waals surface area contributed by atoms with Crippen molar-refractivity contribution in [3.63, 3.8) is 0 Å². The molecule has 6 atom stereocenters. The number of aliphatic hydroxyl groups is 1. The molecule has 0 unspecified atom stereocenters. The van der Waals surface area contributed by atoms with Gasteiger partial charge in [0.15, 0.2) is 0 Å². The lowest BCUT2D eigenvalue weighted by molar-refractivity contribution is -0.594. The summed E-state index contributed by atoms with van der Waals surface area (Å²) in [7, 11) is 0. The van der Waals surface area contributed by atoms with E-state index in [1.54, 1.807) is 75.4 Å². The van der Waals surface area contributed by atoms with Crippen LogP contribution in [0.2, 0.25) is 10.0 Å². The second-order valence-corrected chi connectivity index (χ2v) is 12.2. The summed E-state index contributed by atoms with van der Waals surface area (Å²) < 4.78 is 5.63. The number of nitrogens with zero attached hydrogens (tertiary/aromatic N) is 2. The van der Waals surface area contributed by atoms with Crippen LogP contribution in [0, 0.1) is 26.1 Å². The number of carbonyl (C=O) groups is 1. The molecule has 0 heterocycles. The number of carbonyl (C=O) groups excluding carboxylic acids is 1. The number of esters is 1. The molecule has 1 aliphatic rings. The number of ether oxygens (including phenoxy) is 1. The van der Waals surface area contributed by atoms with Crippen LogP contribution in [0.5, 0.6) is 0 Å². The first-order valence-electron chi connectivity index (χ1n) is 13.0. The van der Waals surface area contributed by atoms with Crippen LogP contribution in [0.4, 0.5) is 0 Å². The van der Waals surface area contributed by atoms with E-state index in [4.69, 9.17) is 27.9 Å². The zero-order chi connectivity index (χ0) is 30.1. The Morgan fingerprint density at radius 3 is 1.78 bits per heavy atom. The first kappa shape index (κ1) is 30.4. The second kappa shape index (κ2) is 11.8. The van der Waals surface area contributed by atoms with Gasteiger partial charge in [-0.1, -0.05) is 77.8 Å². The van der Waals surface area contributed by atoms with Crippen molar-refractivity contribution >= 4 is 29.2 Å². The maximum atomic E-state index is 14.0. The largest absolute Gasteiger partial charge is 0.458 e. The summed E-state index contributed by atoms with van der Waals surface area (Å²) in [5.41, 5.74) is -2.66. The Morgan fingerprint density at radius 2 is 1.34 bits per heavy atom. The van der Waals surface area contributed by atoms with Gasteiger partial charge >= 0.3 is 5.97 Å². The maximum absolute atomic E-state index is 14.0. The zero-order valence-corrected chi connectivity index (χ0v) is 24.2. The predicted octanol–water partition coefficient (Wildman–Crippen LogP) is 6.10. The van der Waals surface area contributed by atoms with Gasteiger partial charge in [0, 0.05) is 25.8 Å². The number of rotatable bonds is 7. The summed E-state index contributed by atoms with van der Waals surface area (Å²) in [4.78, 5) is 38.5. The Kier molecular flexibility index (Phi) is 8.73. The van der Waals surface area contributed by atoms with Crippen molar-refractivity contribution < 1.29 is 24.5 Å². The fraction of sp³-hybridized carbons (Fsp3) is 0.367. The molecule has 216 valence electrons. The Bertz CT molecular complexity index is 1410. The minimum Gasteiger partial charge on any atom is -0.458 e. The molecule has 1 N–H and O–H groups in total. The fourth-order valence-corrected chi connectivity index (χ4v) is 6.18. The molecule has 9 nitrogen and oxygen atoms in total. The van der Waals surface area contributed by atoms with Crippen LogP contribution in [-0.2, 0) is 16.0 Å². The van der Waals surface area contributed by atoms with Crippen molar-refractivity contribution in [3.05, 3.63) is 126 Å². The minimum atomic E-state index is -2.77. The molecule has 0 radical (unpaired) electrons. The Morgan fingerprint density at radius 1 is 0.854 bits per heavy atom. The van der Waals surface area contributed by atoms with Crippen LogP contribution >= 0.6 is 23.2 Å². The molecule has 3 aromatic rings. The molecule has 11 heteroatoms. The normalized spacial score (nSPS) is 26.2. The minimum absolute atomic E-state index is 0.0775. The molecule has 0 aliphatic heterocycles. The standard InChI is InChI=1S/C30H30Cl2N2O7/c1-29(2,3)41-28(35)30(36)23(17-18-7-5-4-6-8-18)24(19-9-13-21(31)14-10-19)26(33(37)38)25(27(30)34(39)40)20-11-15-22(32)16-12-20/h4-16,23-27,36H,17H2,1-3H3/t23-,24+,25-,26+,27+,30-/m1/s1. The van der Waals surface area contributed by atoms with Gasteiger partial charge in [-0.25, -0.2) is 4.79 Å². The number of hydrogen-bond donors (Lipinski definition) is 1. The topological polar surface area (TPSA) is 133 Å². The average Bonchev–Trinajstić information content (AvgIpc) is 2.89. The van der Waals surface area contributed by atoms with Crippen molar-refractivity contribution in [2.75, 3.05) is 0 Å². The summed E-state index contributed by atoms with van der Waals surface area (Å²) in [6.45, 7) is 4.74. The Labute approximate surface area is 247 Å². The van der Waals surface area contributed by atoms with Crippen molar-refractivity contribution in [2.24, 2.45) is 5.92 Å². The highest BCUT2D eigenvalue weighted by Crippen LogP contribution is 2.54. The Hall–Kier alpha value is -3.53. The highest BCUT2D eigenvalue weighted by Gasteiger charge is 2.72. The third-order valence-corrected chi connectivity index (χ3v) is 8.03. The maximum Gasteiger partial charge on any atom is 0.346 e. The summed E-state index contributed by atoms with van der Waals surface area (Å²) in [5, 5.41) is 39.1. The van der Waals surface area contributed by atoms with Gasteiger partial charge < -0.3 is 9.84 Å². The van der Waals surface area contributed by atoms with E-state index < -0.39 is 56.9 Å². The smallest absolute Gasteiger partial charge is 0.346 e. The summed E-state index contributed by atoms with van der Waals surface area (Å²) in [5.74, 6) is -5.22. The third kappa shape index (κ3) is 6.22. The molecule has 3 aromatic carbocycles. The van der Waals surface area contributed by atoms with Gasteiger partial charge in [-0.3, -0.25) is 20.2 Å². The van der Waals surface area contributed by atoms with Crippen LogP contribution in [0.1, 0.15) is 49.3 Å². The molecule has 0 amide bonds. The van der Waals surface area contributed by atoms with Crippen molar-refractivity contribution in [3.8, 4) is 0 Å². The fourth-order valence-electron chi connectivity index (χ4n) is 5.93. The molecule has 0 spiro atoms. The van der Waals surface area contributed by atoms with Gasteiger partial charge in [-0.2, -0.15) is 0 Å². The number of hydrogen-bond acceptors (Lipinski definition) is 7. The third-order valence-electron chi connectivity index (χ3n) is 7.53. The summed E-state index contributed by atoms with van der Waals surface area (Å²) >= 11 is 12.2. The van der Waals surface area contributed by atoms with E-state index in [0.717, 1.165) is 0 Å². The lowest BCUT2D eigenvalue weighted by Gasteiger charge is -2.48. The molecule has 0 bridgehead atoms. The van der Waals surface area contributed by atoms with Crippen LogP contribution in [-0.4, -0.2) is 44.2 Å². The monoisotopic (exact) mass is 600 g/mol. The number of halogens is 2. The van der Waals surface area contributed by atoms with Crippen molar-refractivity contribution in [2.45, 2.75) is 62.3 Å². The SMILES string of the molecule is CC(C)(C)OC(=O)[C@@]1(O)[C@H](Cc2ccccc2)[C@H](c2ccc(Cl)cc2)[C@H]([N+](=O)[O-])[C@@H](c2ccc(Cl)cc2)[C@@H]1[N+](=O)[O-]. The van der Waals surface area contributed by atoms with Crippen molar-refractivity contribution in [1.82, 2.24) is 0 Å². The first-order valence-corrected chi connectivity index (χ1v) is 13.8. The van der Waals surface area contributed by atoms with E-state index >= 15 is 0 Å². The van der Waals surface area contributed by atoms with Crippen molar-refractivity contribution in [1.29, 1.82) is 0 Å². The van der Waals surface area contributed by atoms with Gasteiger partial charge in [-0.15, -0.1) is 0 Å². The second-order valence-electron chi connectivity index (χ2n) is 11.3. The molecule has 1 aliphatic carbocycles. The van der Waals surface area contributed by atoms with Gasteiger partial charge in [-0.05, 0) is 68.1 Å². The Balaban J connectivity index is 2.08. The molecular weight excluding hydrogens is 571 g/mol. The van der Waals surface area contributed by atoms with E-state index in [2.05, 4.69) is 0 Å². The highest BCUT2D eigenvalue weighted by molar-refractivity contribution is 6.30. The van der Waals surface area contributed by atoms with Gasteiger partial charge in [0.25, 0.3) is 6.04 Å². The highest BCUT2D eigenvalue weighted by atomic mass is 35.5. The van der Waals surface area contributed by atoms with E-state index in [0.29, 0.717) is 21.2 Å². The van der Waals surface area contributed by atoms with Crippen LogP contribution in [0.25, 0.3) is 0 Å². The molecule has 4 rings (SSSR count). The molecule has 41 heavy (non-hydrogen) atoms. The zero-order valence-electron chi connectivity index (χ0n) is 22.6. The lowest BCUT2D eigenvalue weighted by atomic mass is 9.55. The molecule has 0 saturated heterocycles. The summed E-state index contributed by atoms with van der Waals surface area (Å²) in [6, 6.07) is 17.1. The average molecular weight is 601 g/mol. The quantitative estimate of drug-likeness (QED) is 0.197. The van der Waals surface area contributed by atoms with E-state index in [-0.39, 0.29) is 12.0 Å². The number of benzene rings is 3. The predicted molar refractivity (Wildman–Crippen MR) is 154 cm³/mol.